The van der Waals surface area contributed by atoms with Crippen LogP contribution in [0.25, 0.3) is 11.3 Å². The Morgan fingerprint density at radius 2 is 2.00 bits per heavy atom. The van der Waals surface area contributed by atoms with E-state index in [9.17, 15) is 9.18 Å². The second kappa shape index (κ2) is 4.16. The molecule has 0 radical (unpaired) electrons. The number of carbonyl (C=O) groups excluding carboxylic acids is 1. The minimum Gasteiger partial charge on any atom is -0.451 e. The molecule has 0 aliphatic rings. The summed E-state index contributed by atoms with van der Waals surface area (Å²) in [7, 11) is 0. The molecule has 4 nitrogen and oxygen atoms in total. The predicted molar refractivity (Wildman–Crippen MR) is 55.8 cm³/mol. The van der Waals surface area contributed by atoms with Crippen LogP contribution in [0.1, 0.15) is 10.6 Å². The number of benzene rings is 1. The Hall–Kier alpha value is -2.14. The normalized spacial score (nSPS) is 10.1. The molecule has 1 amide bonds. The maximum atomic E-state index is 13.4. The third kappa shape index (κ3) is 1.80. The third-order valence-electron chi connectivity index (χ3n) is 2.10. The van der Waals surface area contributed by atoms with E-state index in [2.05, 4.69) is 0 Å². The van der Waals surface area contributed by atoms with Gasteiger partial charge in [-0.25, -0.2) is 10.2 Å². The number of halogens is 1. The summed E-state index contributed by atoms with van der Waals surface area (Å²) in [5.41, 5.74) is 2.24. The van der Waals surface area contributed by atoms with Crippen molar-refractivity contribution < 1.29 is 13.6 Å². The van der Waals surface area contributed by atoms with Crippen LogP contribution in [0.2, 0.25) is 0 Å². The van der Waals surface area contributed by atoms with Crippen LogP contribution in [-0.2, 0) is 0 Å². The summed E-state index contributed by atoms with van der Waals surface area (Å²) in [6.45, 7) is 0. The molecule has 0 spiro atoms. The molecule has 0 aliphatic heterocycles. The van der Waals surface area contributed by atoms with E-state index in [0.29, 0.717) is 5.56 Å². The molecule has 5 heteroatoms. The van der Waals surface area contributed by atoms with Gasteiger partial charge in [-0.1, -0.05) is 12.1 Å². The van der Waals surface area contributed by atoms with Crippen molar-refractivity contribution in [3.8, 4) is 11.3 Å². The quantitative estimate of drug-likeness (QED) is 0.459. The Bertz CT molecular complexity index is 522. The third-order valence-corrected chi connectivity index (χ3v) is 2.10. The minimum atomic E-state index is -0.553. The van der Waals surface area contributed by atoms with Crippen LogP contribution in [0.3, 0.4) is 0 Å². The van der Waals surface area contributed by atoms with E-state index in [1.807, 2.05) is 5.43 Å². The van der Waals surface area contributed by atoms with Gasteiger partial charge in [0.15, 0.2) is 5.76 Å². The maximum Gasteiger partial charge on any atom is 0.300 e. The number of hydrogen-bond donors (Lipinski definition) is 2. The molecule has 1 aromatic heterocycles. The van der Waals surface area contributed by atoms with Crippen LogP contribution in [-0.4, -0.2) is 5.91 Å². The second-order valence-corrected chi connectivity index (χ2v) is 3.12. The van der Waals surface area contributed by atoms with Crippen molar-refractivity contribution in [3.63, 3.8) is 0 Å². The van der Waals surface area contributed by atoms with Gasteiger partial charge in [0.1, 0.15) is 11.6 Å². The standard InChI is InChI=1S/C11H9FN2O2/c12-8-4-2-1-3-7(8)9-5-6-10(16-9)11(15)14-13/h1-6H,13H2,(H,14,15). The van der Waals surface area contributed by atoms with Crippen molar-refractivity contribution in [2.75, 3.05) is 0 Å². The number of nitrogens with two attached hydrogens (primary N) is 1. The number of amides is 1. The molecule has 1 aromatic carbocycles. The monoisotopic (exact) mass is 220 g/mol. The van der Waals surface area contributed by atoms with Gasteiger partial charge in [0, 0.05) is 0 Å². The zero-order valence-corrected chi connectivity index (χ0v) is 8.24. The Morgan fingerprint density at radius 1 is 1.25 bits per heavy atom. The van der Waals surface area contributed by atoms with Crippen molar-refractivity contribution in [2.45, 2.75) is 0 Å². The second-order valence-electron chi connectivity index (χ2n) is 3.12. The molecule has 82 valence electrons. The number of furan rings is 1. The molecule has 16 heavy (non-hydrogen) atoms. The van der Waals surface area contributed by atoms with E-state index < -0.39 is 11.7 Å². The smallest absolute Gasteiger partial charge is 0.300 e. The first kappa shape index (κ1) is 10.4. The summed E-state index contributed by atoms with van der Waals surface area (Å²) >= 11 is 0. The van der Waals surface area contributed by atoms with Gasteiger partial charge in [0.2, 0.25) is 0 Å². The fourth-order valence-electron chi connectivity index (χ4n) is 1.34. The van der Waals surface area contributed by atoms with Crippen molar-refractivity contribution in [1.82, 2.24) is 5.43 Å². The van der Waals surface area contributed by atoms with Crippen LogP contribution < -0.4 is 11.3 Å². The van der Waals surface area contributed by atoms with E-state index >= 15 is 0 Å². The van der Waals surface area contributed by atoms with E-state index in [0.717, 1.165) is 0 Å². The Labute approximate surface area is 90.8 Å². The minimum absolute atomic E-state index is 0.0424. The zero-order valence-electron chi connectivity index (χ0n) is 8.24. The van der Waals surface area contributed by atoms with E-state index in [-0.39, 0.29) is 11.5 Å². The Morgan fingerprint density at radius 3 is 2.69 bits per heavy atom. The summed E-state index contributed by atoms with van der Waals surface area (Å²) in [5.74, 6) is 4.32. The SMILES string of the molecule is NNC(=O)c1ccc(-c2ccccc2F)o1. The average molecular weight is 220 g/mol. The van der Waals surface area contributed by atoms with Gasteiger partial charge in [-0.15, -0.1) is 0 Å². The number of rotatable bonds is 2. The molecular formula is C11H9FN2O2. The van der Waals surface area contributed by atoms with Crippen molar-refractivity contribution in [3.05, 3.63) is 48.0 Å². The first-order valence-corrected chi connectivity index (χ1v) is 4.58. The lowest BCUT2D eigenvalue weighted by Gasteiger charge is -1.98. The Balaban J connectivity index is 2.39. The van der Waals surface area contributed by atoms with Gasteiger partial charge in [-0.05, 0) is 24.3 Å². The number of carbonyl (C=O) groups is 1. The molecule has 3 N–H and O–H groups in total. The number of hydrazine groups is 1. The lowest BCUT2D eigenvalue weighted by Crippen LogP contribution is -2.29. The largest absolute Gasteiger partial charge is 0.451 e. The van der Waals surface area contributed by atoms with Crippen molar-refractivity contribution in [2.24, 2.45) is 5.84 Å². The maximum absolute atomic E-state index is 13.4. The topological polar surface area (TPSA) is 68.3 Å². The van der Waals surface area contributed by atoms with Crippen LogP contribution in [0.5, 0.6) is 0 Å². The first-order chi connectivity index (χ1) is 7.72. The van der Waals surface area contributed by atoms with Gasteiger partial charge in [-0.2, -0.15) is 0 Å². The van der Waals surface area contributed by atoms with Gasteiger partial charge < -0.3 is 4.42 Å². The first-order valence-electron chi connectivity index (χ1n) is 4.58. The van der Waals surface area contributed by atoms with Crippen LogP contribution >= 0.6 is 0 Å². The summed E-state index contributed by atoms with van der Waals surface area (Å²) in [5, 5.41) is 0. The lowest BCUT2D eigenvalue weighted by atomic mass is 10.1. The zero-order chi connectivity index (χ0) is 11.5. The molecule has 2 aromatic rings. The number of hydrogen-bond acceptors (Lipinski definition) is 3. The molecule has 0 atom stereocenters. The number of nitrogens with one attached hydrogen (secondary N) is 1. The summed E-state index contributed by atoms with van der Waals surface area (Å²) < 4.78 is 18.6. The van der Waals surface area contributed by atoms with E-state index in [4.69, 9.17) is 10.3 Å². The van der Waals surface area contributed by atoms with Gasteiger partial charge in [-0.3, -0.25) is 10.2 Å². The highest BCUT2D eigenvalue weighted by atomic mass is 19.1. The molecule has 0 fully saturated rings. The van der Waals surface area contributed by atoms with Crippen LogP contribution in [0.4, 0.5) is 4.39 Å². The molecule has 0 saturated carbocycles. The number of nitrogen functional groups attached to an aromatic ring is 1. The highest BCUT2D eigenvalue weighted by molar-refractivity contribution is 5.91. The summed E-state index contributed by atoms with van der Waals surface area (Å²) in [4.78, 5) is 11.1. The summed E-state index contributed by atoms with van der Waals surface area (Å²) in [6.07, 6.45) is 0. The molecular weight excluding hydrogens is 211 g/mol. The highest BCUT2D eigenvalue weighted by Gasteiger charge is 2.12. The summed E-state index contributed by atoms with van der Waals surface area (Å²) in [6, 6.07) is 9.10. The van der Waals surface area contributed by atoms with Crippen molar-refractivity contribution >= 4 is 5.91 Å². The molecule has 2 rings (SSSR count). The van der Waals surface area contributed by atoms with Crippen molar-refractivity contribution in [1.29, 1.82) is 0 Å². The highest BCUT2D eigenvalue weighted by Crippen LogP contribution is 2.24. The fraction of sp³-hybridized carbons (Fsp3) is 0. The van der Waals surface area contributed by atoms with E-state index in [1.165, 1.54) is 18.2 Å². The van der Waals surface area contributed by atoms with Gasteiger partial charge >= 0.3 is 5.91 Å². The molecule has 1 heterocycles. The Kier molecular flexibility index (Phi) is 2.70. The molecule has 0 aliphatic carbocycles. The molecule has 0 saturated heterocycles. The molecule has 0 unspecified atom stereocenters. The van der Waals surface area contributed by atoms with Crippen LogP contribution in [0, 0.1) is 5.82 Å². The average Bonchev–Trinajstić information content (AvgIpc) is 2.78. The van der Waals surface area contributed by atoms with E-state index in [1.54, 1.807) is 18.2 Å². The molecule has 0 bridgehead atoms. The predicted octanol–water partition coefficient (Wildman–Crippen LogP) is 1.69. The van der Waals surface area contributed by atoms with Gasteiger partial charge in [0.25, 0.3) is 0 Å². The lowest BCUT2D eigenvalue weighted by molar-refractivity contribution is 0.0927. The van der Waals surface area contributed by atoms with Crippen LogP contribution in [0.15, 0.2) is 40.8 Å². The fourth-order valence-corrected chi connectivity index (χ4v) is 1.34. The van der Waals surface area contributed by atoms with Gasteiger partial charge in [0.05, 0.1) is 5.56 Å².